The van der Waals surface area contributed by atoms with Gasteiger partial charge in [0, 0.05) is 68.7 Å². The highest BCUT2D eigenvalue weighted by atomic mass is 16.5. The van der Waals surface area contributed by atoms with E-state index in [1.807, 2.05) is 60.1 Å². The van der Waals surface area contributed by atoms with E-state index < -0.39 is 0 Å². The molecule has 0 saturated heterocycles. The molecule has 0 aliphatic carbocycles. The largest absolute Gasteiger partial charge is 0.383 e. The fourth-order valence-corrected chi connectivity index (χ4v) is 2.79. The van der Waals surface area contributed by atoms with Gasteiger partial charge in [-0.3, -0.25) is 0 Å². The number of nitrogens with one attached hydrogen (secondary N) is 2. The van der Waals surface area contributed by atoms with Crippen molar-refractivity contribution in [2.75, 3.05) is 37.5 Å². The Kier molecular flexibility index (Phi) is 5.83. The standard InChI is InChI=1S/C20H24N6O/c1-25(8-9-27-3)20-11-17(6-7-23-20)24-18-10-15(4-5-16(18)12-21)19-13-22-14-26(19)2/h4-7,10-14,21H,8-9H2,1-3H3,(H,23,24). The molecule has 0 saturated carbocycles. The van der Waals surface area contributed by atoms with Crippen LogP contribution in [0.4, 0.5) is 17.2 Å². The summed E-state index contributed by atoms with van der Waals surface area (Å²) >= 11 is 0. The van der Waals surface area contributed by atoms with Crippen molar-refractivity contribution in [3.63, 3.8) is 0 Å². The topological polar surface area (TPSA) is 79.1 Å². The van der Waals surface area contributed by atoms with Gasteiger partial charge in [-0.25, -0.2) is 9.97 Å². The van der Waals surface area contributed by atoms with Crippen LogP contribution in [0.25, 0.3) is 11.3 Å². The van der Waals surface area contributed by atoms with Gasteiger partial charge in [0.05, 0.1) is 24.8 Å². The van der Waals surface area contributed by atoms with Crippen LogP contribution >= 0.6 is 0 Å². The third kappa shape index (κ3) is 4.32. The molecule has 0 amide bonds. The van der Waals surface area contributed by atoms with Gasteiger partial charge in [0.25, 0.3) is 0 Å². The van der Waals surface area contributed by atoms with Crippen molar-refractivity contribution in [3.05, 3.63) is 54.6 Å². The highest BCUT2D eigenvalue weighted by molar-refractivity contribution is 5.89. The van der Waals surface area contributed by atoms with Crippen LogP contribution in [0.2, 0.25) is 0 Å². The van der Waals surface area contributed by atoms with Gasteiger partial charge < -0.3 is 24.9 Å². The Labute approximate surface area is 159 Å². The summed E-state index contributed by atoms with van der Waals surface area (Å²) in [6.45, 7) is 1.40. The molecule has 7 nitrogen and oxygen atoms in total. The van der Waals surface area contributed by atoms with Gasteiger partial charge in [-0.1, -0.05) is 12.1 Å². The number of anilines is 3. The molecule has 0 radical (unpaired) electrons. The van der Waals surface area contributed by atoms with Crippen LogP contribution in [0, 0.1) is 5.41 Å². The molecule has 2 heterocycles. The summed E-state index contributed by atoms with van der Waals surface area (Å²) in [4.78, 5) is 10.6. The summed E-state index contributed by atoms with van der Waals surface area (Å²) < 4.78 is 7.10. The van der Waals surface area contributed by atoms with Gasteiger partial charge >= 0.3 is 0 Å². The van der Waals surface area contributed by atoms with Crippen LogP contribution in [-0.4, -0.2) is 48.1 Å². The molecule has 2 N–H and O–H groups in total. The van der Waals surface area contributed by atoms with Crippen molar-refractivity contribution in [2.24, 2.45) is 7.05 Å². The molecule has 0 unspecified atom stereocenters. The second-order valence-electron chi connectivity index (χ2n) is 6.28. The monoisotopic (exact) mass is 364 g/mol. The van der Waals surface area contributed by atoms with Gasteiger partial charge in [0.2, 0.25) is 0 Å². The lowest BCUT2D eigenvalue weighted by Gasteiger charge is -2.19. The van der Waals surface area contributed by atoms with Crippen LogP contribution in [-0.2, 0) is 11.8 Å². The second kappa shape index (κ2) is 8.46. The number of nitrogens with zero attached hydrogens (tertiary/aromatic N) is 4. The number of imidazole rings is 1. The van der Waals surface area contributed by atoms with E-state index in [1.165, 1.54) is 6.21 Å². The van der Waals surface area contributed by atoms with Gasteiger partial charge in [0.15, 0.2) is 0 Å². The van der Waals surface area contributed by atoms with E-state index in [2.05, 4.69) is 15.3 Å². The molecular formula is C20H24N6O. The molecule has 7 heteroatoms. The van der Waals surface area contributed by atoms with E-state index in [9.17, 15) is 0 Å². The Morgan fingerprint density at radius 3 is 2.85 bits per heavy atom. The zero-order valence-electron chi connectivity index (χ0n) is 15.8. The van der Waals surface area contributed by atoms with Gasteiger partial charge in [-0.15, -0.1) is 0 Å². The third-order valence-corrected chi connectivity index (χ3v) is 4.37. The normalized spacial score (nSPS) is 10.6. The Morgan fingerprint density at radius 1 is 1.30 bits per heavy atom. The number of likely N-dealkylation sites (N-methyl/N-ethyl adjacent to an activating group) is 1. The Balaban J connectivity index is 1.88. The number of rotatable bonds is 8. The number of methoxy groups -OCH3 is 1. The molecule has 140 valence electrons. The summed E-state index contributed by atoms with van der Waals surface area (Å²) in [5, 5.41) is 11.1. The average molecular weight is 364 g/mol. The summed E-state index contributed by atoms with van der Waals surface area (Å²) in [6.07, 6.45) is 6.73. The van der Waals surface area contributed by atoms with Crippen LogP contribution in [0.1, 0.15) is 5.56 Å². The van der Waals surface area contributed by atoms with Crippen LogP contribution in [0.5, 0.6) is 0 Å². The maximum Gasteiger partial charge on any atom is 0.130 e. The van der Waals surface area contributed by atoms with E-state index in [0.717, 1.165) is 40.6 Å². The van der Waals surface area contributed by atoms with Crippen LogP contribution in [0.3, 0.4) is 0 Å². The predicted molar refractivity (Wildman–Crippen MR) is 109 cm³/mol. The maximum atomic E-state index is 7.71. The number of ether oxygens (including phenoxy) is 1. The first-order valence-electron chi connectivity index (χ1n) is 8.66. The predicted octanol–water partition coefficient (Wildman–Crippen LogP) is 3.31. The lowest BCUT2D eigenvalue weighted by atomic mass is 10.1. The first-order chi connectivity index (χ1) is 13.1. The molecule has 1 aromatic carbocycles. The number of hydrogen-bond acceptors (Lipinski definition) is 6. The fourth-order valence-electron chi connectivity index (χ4n) is 2.79. The van der Waals surface area contributed by atoms with Gasteiger partial charge in [-0.05, 0) is 12.1 Å². The van der Waals surface area contributed by atoms with Crippen LogP contribution < -0.4 is 10.2 Å². The first-order valence-corrected chi connectivity index (χ1v) is 8.66. The zero-order valence-corrected chi connectivity index (χ0v) is 15.8. The van der Waals surface area contributed by atoms with Crippen LogP contribution in [0.15, 0.2) is 49.1 Å². The molecule has 3 aromatic rings. The minimum absolute atomic E-state index is 0.639. The van der Waals surface area contributed by atoms with E-state index in [0.29, 0.717) is 6.61 Å². The smallest absolute Gasteiger partial charge is 0.130 e. The Hall–Kier alpha value is -3.19. The minimum atomic E-state index is 0.639. The Bertz CT molecular complexity index is 920. The SMILES string of the molecule is COCCN(C)c1cc(Nc2cc(-c3cncn3C)ccc2C=N)ccn1. The van der Waals surface area contributed by atoms with Crippen molar-refractivity contribution in [1.29, 1.82) is 5.41 Å². The summed E-state index contributed by atoms with van der Waals surface area (Å²) in [5.41, 5.74) is 4.64. The molecule has 0 aliphatic rings. The lowest BCUT2D eigenvalue weighted by Crippen LogP contribution is -2.22. The van der Waals surface area contributed by atoms with E-state index in [4.69, 9.17) is 10.1 Å². The van der Waals surface area contributed by atoms with Crippen molar-refractivity contribution < 1.29 is 4.74 Å². The third-order valence-electron chi connectivity index (χ3n) is 4.37. The molecule has 0 spiro atoms. The highest BCUT2D eigenvalue weighted by Gasteiger charge is 2.09. The number of hydrogen-bond donors (Lipinski definition) is 2. The number of pyridine rings is 1. The van der Waals surface area contributed by atoms with E-state index in [1.54, 1.807) is 19.6 Å². The Morgan fingerprint density at radius 2 is 2.15 bits per heavy atom. The molecule has 0 atom stereocenters. The van der Waals surface area contributed by atoms with E-state index >= 15 is 0 Å². The summed E-state index contributed by atoms with van der Waals surface area (Å²) in [7, 11) is 5.63. The van der Waals surface area contributed by atoms with Crippen molar-refractivity contribution in [1.82, 2.24) is 14.5 Å². The molecule has 0 fully saturated rings. The lowest BCUT2D eigenvalue weighted by molar-refractivity contribution is 0.206. The molecule has 0 aliphatic heterocycles. The van der Waals surface area contributed by atoms with Crippen molar-refractivity contribution >= 4 is 23.4 Å². The number of aryl methyl sites for hydroxylation is 1. The molecule has 0 bridgehead atoms. The molecule has 3 rings (SSSR count). The quantitative estimate of drug-likeness (QED) is 0.600. The fraction of sp³-hybridized carbons (Fsp3) is 0.250. The second-order valence-corrected chi connectivity index (χ2v) is 6.28. The van der Waals surface area contributed by atoms with Crippen molar-refractivity contribution in [3.8, 4) is 11.3 Å². The molecular weight excluding hydrogens is 340 g/mol. The highest BCUT2D eigenvalue weighted by Crippen LogP contribution is 2.28. The number of benzene rings is 1. The first kappa shape index (κ1) is 18.6. The maximum absolute atomic E-state index is 7.71. The molecule has 2 aromatic heterocycles. The molecule has 27 heavy (non-hydrogen) atoms. The van der Waals surface area contributed by atoms with Gasteiger partial charge in [-0.2, -0.15) is 0 Å². The summed E-state index contributed by atoms with van der Waals surface area (Å²) in [5.74, 6) is 0.858. The van der Waals surface area contributed by atoms with E-state index in [-0.39, 0.29) is 0 Å². The summed E-state index contributed by atoms with van der Waals surface area (Å²) in [6, 6.07) is 9.87. The van der Waals surface area contributed by atoms with Gasteiger partial charge in [0.1, 0.15) is 5.82 Å². The van der Waals surface area contributed by atoms with Crippen molar-refractivity contribution in [2.45, 2.75) is 0 Å². The minimum Gasteiger partial charge on any atom is -0.383 e. The number of aromatic nitrogens is 3. The zero-order chi connectivity index (χ0) is 19.2. The average Bonchev–Trinajstić information content (AvgIpc) is 3.12.